The third kappa shape index (κ3) is 7.51. The van der Waals surface area contributed by atoms with Gasteiger partial charge in [-0.25, -0.2) is 28.6 Å². The summed E-state index contributed by atoms with van der Waals surface area (Å²) in [6.45, 7) is -0.956. The molecule has 198 valence electrons. The van der Waals surface area contributed by atoms with Gasteiger partial charge in [0.25, 0.3) is 0 Å². The second-order valence-electron chi connectivity index (χ2n) is 6.02. The number of rotatable bonds is 8. The number of anilines is 1. The molecule has 0 spiro atoms. The van der Waals surface area contributed by atoms with Gasteiger partial charge in [0.15, 0.2) is 17.7 Å². The maximum Gasteiger partial charge on any atom is 0.490 e. The first-order valence-electron chi connectivity index (χ1n) is 7.92. The Kier molecular flexibility index (Phi) is 11.0. The topological polar surface area (TPSA) is 374 Å². The van der Waals surface area contributed by atoms with E-state index < -0.39 is 54.6 Å². The van der Waals surface area contributed by atoms with Crippen molar-refractivity contribution >= 4 is 40.4 Å². The highest BCUT2D eigenvalue weighted by molar-refractivity contribution is 7.66. The second-order valence-corrected chi connectivity index (χ2v) is 10.4. The minimum Gasteiger partial charge on any atom is -0.412 e. The van der Waals surface area contributed by atoms with E-state index in [1.807, 2.05) is 0 Å². The predicted molar refractivity (Wildman–Crippen MR) is 106 cm³/mol. The molecule has 0 aliphatic carbocycles. The van der Waals surface area contributed by atoms with Crippen molar-refractivity contribution in [2.45, 2.75) is 24.5 Å². The molecule has 1 aliphatic heterocycles. The van der Waals surface area contributed by atoms with Crippen LogP contribution >= 0.6 is 23.5 Å². The van der Waals surface area contributed by atoms with Crippen LogP contribution in [0.15, 0.2) is 12.7 Å². The van der Waals surface area contributed by atoms with Gasteiger partial charge in [0.1, 0.15) is 30.2 Å². The molecule has 21 nitrogen and oxygen atoms in total. The Labute approximate surface area is 188 Å². The summed E-state index contributed by atoms with van der Waals surface area (Å²) in [5, 5.41) is 20.4. The van der Waals surface area contributed by atoms with Crippen LogP contribution in [0.3, 0.4) is 0 Å². The average molecular weight is 561 g/mol. The van der Waals surface area contributed by atoms with E-state index in [1.165, 1.54) is 10.9 Å². The van der Waals surface area contributed by atoms with Gasteiger partial charge >= 0.3 is 23.5 Å². The summed E-state index contributed by atoms with van der Waals surface area (Å²) in [7, 11) is -16.7. The molecule has 0 radical (unpaired) electrons. The van der Waals surface area contributed by atoms with Crippen LogP contribution in [-0.2, 0) is 31.6 Å². The lowest BCUT2D eigenvalue weighted by atomic mass is 10.1. The number of imidazole rings is 1. The monoisotopic (exact) mass is 561 g/mol. The number of nitrogen functional groups attached to an aromatic ring is 1. The van der Waals surface area contributed by atoms with Gasteiger partial charge in [0.05, 0.1) is 12.9 Å². The lowest BCUT2D eigenvalue weighted by Gasteiger charge is -2.19. The van der Waals surface area contributed by atoms with E-state index in [9.17, 15) is 28.8 Å². The fourth-order valence-electron chi connectivity index (χ4n) is 2.62. The van der Waals surface area contributed by atoms with E-state index >= 15 is 0 Å². The molecule has 0 saturated carbocycles. The Morgan fingerprint density at radius 1 is 0.971 bits per heavy atom. The van der Waals surface area contributed by atoms with Gasteiger partial charge in [0, 0.05) is 0 Å². The quantitative estimate of drug-likeness (QED) is 0.150. The molecule has 34 heavy (non-hydrogen) atoms. The van der Waals surface area contributed by atoms with Gasteiger partial charge in [-0.2, -0.15) is 8.62 Å². The highest BCUT2D eigenvalue weighted by atomic mass is 31.3. The summed E-state index contributed by atoms with van der Waals surface area (Å²) in [5.41, 5.74) is 6.00. The minimum absolute atomic E-state index is 0. The Bertz CT molecular complexity index is 1110. The van der Waals surface area contributed by atoms with Crippen molar-refractivity contribution in [3.05, 3.63) is 12.7 Å². The van der Waals surface area contributed by atoms with Gasteiger partial charge in [-0.05, 0) is 0 Å². The summed E-state index contributed by atoms with van der Waals surface area (Å²) in [6, 6.07) is 0. The first kappa shape index (κ1) is 32.5. The number of aliphatic hydroxyl groups is 2. The molecule has 2 unspecified atom stereocenters. The molecule has 3 heterocycles. The van der Waals surface area contributed by atoms with Crippen LogP contribution in [0.25, 0.3) is 11.2 Å². The Hall–Kier alpha value is -1.48. The number of nitrogens with two attached hydrogens (primary N) is 1. The van der Waals surface area contributed by atoms with Crippen LogP contribution < -0.4 is 5.73 Å². The summed E-state index contributed by atoms with van der Waals surface area (Å²) in [5.74, 6) is 0.0426. The third-order valence-corrected chi connectivity index (χ3v) is 7.62. The maximum atomic E-state index is 11.8. The largest absolute Gasteiger partial charge is 0.490 e. The number of fused-ring (bicyclic) bond motifs is 1. The van der Waals surface area contributed by atoms with E-state index in [1.54, 1.807) is 0 Å². The van der Waals surface area contributed by atoms with Crippen LogP contribution in [-0.4, -0.2) is 90.7 Å². The van der Waals surface area contributed by atoms with Crippen molar-refractivity contribution < 1.29 is 77.8 Å². The van der Waals surface area contributed by atoms with Crippen LogP contribution in [0.4, 0.5) is 5.82 Å². The molecule has 2 aromatic rings. The Morgan fingerprint density at radius 3 is 2.18 bits per heavy atom. The standard InChI is InChI=1S/C10H16N5O13P3.3H2O/c11-8-5-9(13-2-12-8)15(3-14-5)10-7(17)6(16)4(26-10)1-25-30(21,22)28-31(23,24)27-29(18,19)20;;;/h2-4,6-7,10,16-17H,1H2,(H,21,22)(H,23,24)(H2,11,12,13)(H2,18,19,20);3*1H2/t4-,6-,7-,10-;;;/m1.../s1. The Morgan fingerprint density at radius 2 is 1.59 bits per heavy atom. The first-order chi connectivity index (χ1) is 14.2. The number of aromatic nitrogens is 4. The number of phosphoric ester groups is 1. The molecular weight excluding hydrogens is 539 g/mol. The fraction of sp³-hybridized carbons (Fsp3) is 0.500. The normalized spacial score (nSPS) is 25.9. The van der Waals surface area contributed by atoms with Gasteiger partial charge in [0.2, 0.25) is 0 Å². The lowest BCUT2D eigenvalue weighted by Crippen LogP contribution is -2.33. The van der Waals surface area contributed by atoms with E-state index in [-0.39, 0.29) is 33.4 Å². The summed E-state index contributed by atoms with van der Waals surface area (Å²) in [6.07, 6.45) is -3.69. The molecule has 1 aliphatic rings. The van der Waals surface area contributed by atoms with E-state index in [2.05, 4.69) is 28.1 Å². The highest BCUT2D eigenvalue weighted by Gasteiger charge is 2.47. The Balaban J connectivity index is 0.00000363. The zero-order chi connectivity index (χ0) is 23.2. The predicted octanol–water partition coefficient (Wildman–Crippen LogP) is -4.10. The van der Waals surface area contributed by atoms with Crippen LogP contribution in [0, 0.1) is 0 Å². The molecule has 24 heteroatoms. The van der Waals surface area contributed by atoms with Crippen molar-refractivity contribution in [2.75, 3.05) is 12.3 Å². The van der Waals surface area contributed by atoms with E-state index in [0.717, 1.165) is 6.33 Å². The first-order valence-corrected chi connectivity index (χ1v) is 12.4. The second kappa shape index (κ2) is 11.5. The zero-order valence-corrected chi connectivity index (χ0v) is 19.1. The number of hydrogen-bond donors (Lipinski definition) is 7. The molecule has 0 aromatic carbocycles. The van der Waals surface area contributed by atoms with Crippen LogP contribution in [0.5, 0.6) is 0 Å². The molecule has 3 rings (SSSR count). The average Bonchev–Trinajstić information content (AvgIpc) is 3.13. The van der Waals surface area contributed by atoms with Gasteiger partial charge in [-0.15, -0.1) is 0 Å². The number of hydrogen-bond acceptors (Lipinski definition) is 13. The van der Waals surface area contributed by atoms with Crippen LogP contribution in [0.1, 0.15) is 6.23 Å². The molecule has 0 bridgehead atoms. The fourth-order valence-corrected chi connectivity index (χ4v) is 5.65. The van der Waals surface area contributed by atoms with Crippen molar-refractivity contribution in [2.24, 2.45) is 0 Å². The zero-order valence-electron chi connectivity index (χ0n) is 16.4. The van der Waals surface area contributed by atoms with E-state index in [0.29, 0.717) is 0 Å². The van der Waals surface area contributed by atoms with Crippen molar-refractivity contribution in [3.8, 4) is 0 Å². The lowest BCUT2D eigenvalue weighted by molar-refractivity contribution is -0.0503. The maximum absolute atomic E-state index is 11.8. The minimum atomic E-state index is -5.70. The number of phosphoric acid groups is 3. The molecule has 1 saturated heterocycles. The smallest absolute Gasteiger partial charge is 0.412 e. The van der Waals surface area contributed by atoms with E-state index in [4.69, 9.17) is 25.2 Å². The summed E-state index contributed by atoms with van der Waals surface area (Å²) < 4.78 is 51.9. The molecule has 2 aromatic heterocycles. The van der Waals surface area contributed by atoms with Gasteiger partial charge in [-0.3, -0.25) is 9.09 Å². The summed E-state index contributed by atoms with van der Waals surface area (Å²) >= 11 is 0. The molecule has 1 fully saturated rings. The van der Waals surface area contributed by atoms with Crippen molar-refractivity contribution in [3.63, 3.8) is 0 Å². The molecule has 14 N–H and O–H groups in total. The molecular formula is C10H22N5O16P3. The number of aliphatic hydroxyl groups excluding tert-OH is 2. The van der Waals surface area contributed by atoms with Gasteiger partial charge < -0.3 is 56.7 Å². The third-order valence-electron chi connectivity index (χ3n) is 3.82. The highest BCUT2D eigenvalue weighted by Crippen LogP contribution is 2.66. The molecule has 0 amide bonds. The van der Waals surface area contributed by atoms with Gasteiger partial charge in [-0.1, -0.05) is 0 Å². The van der Waals surface area contributed by atoms with Crippen molar-refractivity contribution in [1.82, 2.24) is 19.5 Å². The summed E-state index contributed by atoms with van der Waals surface area (Å²) in [4.78, 5) is 47.2. The SMILES string of the molecule is Nc1ncnc2c1ncn2[C@@H]1O[C@H](COP(=O)(O)OP(=O)(O)OP(=O)(O)O)[C@@H](O)[C@H]1O.O.O.O. The number of ether oxygens (including phenoxy) is 1. The molecule has 6 atom stereocenters. The number of nitrogens with zero attached hydrogens (tertiary/aromatic N) is 4. The van der Waals surface area contributed by atoms with Crippen molar-refractivity contribution in [1.29, 1.82) is 0 Å². The van der Waals surface area contributed by atoms with Crippen LogP contribution in [0.2, 0.25) is 0 Å².